The Kier molecular flexibility index (Phi) is 2.65. The maximum Gasteiger partial charge on any atom is 0.320 e. The molecule has 0 unspecified atom stereocenters. The second-order valence-electron chi connectivity index (χ2n) is 3.13. The summed E-state index contributed by atoms with van der Waals surface area (Å²) in [6.07, 6.45) is 1.08. The molecule has 0 saturated carbocycles. The van der Waals surface area contributed by atoms with Crippen LogP contribution in [0.4, 0.5) is 0 Å². The van der Waals surface area contributed by atoms with Gasteiger partial charge in [0.2, 0.25) is 0 Å². The molecule has 5 nitrogen and oxygen atoms in total. The topological polar surface area (TPSA) is 99.2 Å². The minimum absolute atomic E-state index is 0.132. The number of rotatable bonds is 3. The Morgan fingerprint density at radius 3 is 2.83 bits per heavy atom. The molecule has 0 aromatic heterocycles. The molecule has 2 atom stereocenters. The molecule has 1 saturated heterocycles. The van der Waals surface area contributed by atoms with Crippen molar-refractivity contribution in [2.75, 3.05) is 6.54 Å². The van der Waals surface area contributed by atoms with Gasteiger partial charge < -0.3 is 16.2 Å². The van der Waals surface area contributed by atoms with Crippen LogP contribution in [0.5, 0.6) is 0 Å². The highest BCUT2D eigenvalue weighted by molar-refractivity contribution is 5.78. The molecule has 1 aliphatic heterocycles. The van der Waals surface area contributed by atoms with Crippen LogP contribution < -0.4 is 11.1 Å². The Labute approximate surface area is 70.5 Å². The second kappa shape index (κ2) is 3.53. The van der Waals surface area contributed by atoms with Crippen LogP contribution in [-0.2, 0) is 4.79 Å². The summed E-state index contributed by atoms with van der Waals surface area (Å²) in [5, 5.41) is 18.5. The van der Waals surface area contributed by atoms with Crippen LogP contribution in [0.15, 0.2) is 0 Å². The Morgan fingerprint density at radius 2 is 2.42 bits per heavy atom. The molecule has 12 heavy (non-hydrogen) atoms. The average Bonchev–Trinajstić information content (AvgIpc) is 2.34. The summed E-state index contributed by atoms with van der Waals surface area (Å²) in [6, 6.07) is -0.450. The number of hydrogen-bond donors (Lipinski definition) is 4. The summed E-state index contributed by atoms with van der Waals surface area (Å²) in [7, 11) is 0. The summed E-state index contributed by atoms with van der Waals surface area (Å²) in [4.78, 5) is 10.5. The van der Waals surface area contributed by atoms with Gasteiger partial charge in [0.05, 0.1) is 5.84 Å². The summed E-state index contributed by atoms with van der Waals surface area (Å²) in [5.41, 5.74) is 5.20. The van der Waals surface area contributed by atoms with Gasteiger partial charge in [-0.3, -0.25) is 10.2 Å². The lowest BCUT2D eigenvalue weighted by Gasteiger charge is -2.05. The first-order valence-corrected chi connectivity index (χ1v) is 3.88. The molecule has 0 aliphatic carbocycles. The Bertz CT molecular complexity index is 205. The SMILES string of the molecule is N=C(N)C[C@H]1CN[C@H](C(=O)O)C1. The van der Waals surface area contributed by atoms with Crippen molar-refractivity contribution in [2.24, 2.45) is 11.7 Å². The number of aliphatic carboxylic acids is 1. The molecule has 5 N–H and O–H groups in total. The van der Waals surface area contributed by atoms with E-state index in [2.05, 4.69) is 5.32 Å². The average molecular weight is 171 g/mol. The van der Waals surface area contributed by atoms with Gasteiger partial charge in [0.1, 0.15) is 6.04 Å². The molecular formula is C7H13N3O2. The number of carbonyl (C=O) groups is 1. The lowest BCUT2D eigenvalue weighted by Crippen LogP contribution is -2.29. The van der Waals surface area contributed by atoms with Gasteiger partial charge in [-0.15, -0.1) is 0 Å². The molecule has 68 valence electrons. The van der Waals surface area contributed by atoms with Gasteiger partial charge in [0.15, 0.2) is 0 Å². The fraction of sp³-hybridized carbons (Fsp3) is 0.714. The maximum atomic E-state index is 10.5. The van der Waals surface area contributed by atoms with Gasteiger partial charge in [-0.1, -0.05) is 0 Å². The van der Waals surface area contributed by atoms with E-state index in [1.807, 2.05) is 0 Å². The Morgan fingerprint density at radius 1 is 1.75 bits per heavy atom. The fourth-order valence-corrected chi connectivity index (χ4v) is 1.46. The predicted molar refractivity (Wildman–Crippen MR) is 44.1 cm³/mol. The van der Waals surface area contributed by atoms with Gasteiger partial charge in [0, 0.05) is 6.42 Å². The normalized spacial score (nSPS) is 28.7. The zero-order valence-corrected chi connectivity index (χ0v) is 6.71. The fourth-order valence-electron chi connectivity index (χ4n) is 1.46. The summed E-state index contributed by atoms with van der Waals surface area (Å²) < 4.78 is 0. The summed E-state index contributed by atoms with van der Waals surface area (Å²) in [6.45, 7) is 0.649. The lowest BCUT2D eigenvalue weighted by atomic mass is 10.0. The van der Waals surface area contributed by atoms with Gasteiger partial charge in [0.25, 0.3) is 0 Å². The van der Waals surface area contributed by atoms with Crippen LogP contribution in [0.3, 0.4) is 0 Å². The first-order chi connectivity index (χ1) is 5.59. The van der Waals surface area contributed by atoms with Crippen molar-refractivity contribution in [3.05, 3.63) is 0 Å². The van der Waals surface area contributed by atoms with Crippen molar-refractivity contribution in [1.29, 1.82) is 5.41 Å². The van der Waals surface area contributed by atoms with E-state index < -0.39 is 12.0 Å². The van der Waals surface area contributed by atoms with E-state index in [1.165, 1.54) is 0 Å². The molecule has 0 bridgehead atoms. The third-order valence-corrected chi connectivity index (χ3v) is 2.03. The predicted octanol–water partition coefficient (Wildman–Crippen LogP) is -0.625. The van der Waals surface area contributed by atoms with E-state index in [0.717, 1.165) is 0 Å². The number of nitrogens with two attached hydrogens (primary N) is 1. The van der Waals surface area contributed by atoms with E-state index in [0.29, 0.717) is 19.4 Å². The minimum Gasteiger partial charge on any atom is -0.480 e. The highest BCUT2D eigenvalue weighted by Crippen LogP contribution is 2.16. The van der Waals surface area contributed by atoms with Gasteiger partial charge in [-0.25, -0.2) is 0 Å². The number of carboxylic acid groups (broad SMARTS) is 1. The molecular weight excluding hydrogens is 158 g/mol. The molecule has 1 heterocycles. The van der Waals surface area contributed by atoms with Crippen molar-refractivity contribution < 1.29 is 9.90 Å². The third-order valence-electron chi connectivity index (χ3n) is 2.03. The molecule has 0 spiro atoms. The number of amidine groups is 1. The van der Waals surface area contributed by atoms with Gasteiger partial charge in [-0.2, -0.15) is 0 Å². The smallest absolute Gasteiger partial charge is 0.320 e. The van der Waals surface area contributed by atoms with Crippen LogP contribution in [0.2, 0.25) is 0 Å². The van der Waals surface area contributed by atoms with Crippen LogP contribution >= 0.6 is 0 Å². The van der Waals surface area contributed by atoms with E-state index in [-0.39, 0.29) is 11.8 Å². The molecule has 0 aromatic carbocycles. The molecule has 5 heteroatoms. The van der Waals surface area contributed by atoms with Gasteiger partial charge >= 0.3 is 5.97 Å². The number of carboxylic acids is 1. The Balaban J connectivity index is 2.35. The van der Waals surface area contributed by atoms with E-state index >= 15 is 0 Å². The minimum atomic E-state index is -0.818. The van der Waals surface area contributed by atoms with Crippen molar-refractivity contribution in [3.63, 3.8) is 0 Å². The first-order valence-electron chi connectivity index (χ1n) is 3.88. The quantitative estimate of drug-likeness (QED) is 0.336. The maximum absolute atomic E-state index is 10.5. The van der Waals surface area contributed by atoms with E-state index in [1.54, 1.807) is 0 Å². The van der Waals surface area contributed by atoms with Crippen molar-refractivity contribution in [2.45, 2.75) is 18.9 Å². The second-order valence-corrected chi connectivity index (χ2v) is 3.13. The van der Waals surface area contributed by atoms with Crippen LogP contribution in [-0.4, -0.2) is 29.5 Å². The third kappa shape index (κ3) is 2.20. The number of hydrogen-bond acceptors (Lipinski definition) is 3. The zero-order valence-electron chi connectivity index (χ0n) is 6.71. The molecule has 1 aliphatic rings. The van der Waals surface area contributed by atoms with Crippen molar-refractivity contribution >= 4 is 11.8 Å². The van der Waals surface area contributed by atoms with E-state index in [4.69, 9.17) is 16.2 Å². The van der Waals surface area contributed by atoms with E-state index in [9.17, 15) is 4.79 Å². The van der Waals surface area contributed by atoms with Crippen molar-refractivity contribution in [1.82, 2.24) is 5.32 Å². The molecule has 0 amide bonds. The molecule has 1 fully saturated rings. The van der Waals surface area contributed by atoms with Crippen LogP contribution in [0.25, 0.3) is 0 Å². The Hall–Kier alpha value is -1.10. The first kappa shape index (κ1) is 8.99. The molecule has 0 aromatic rings. The molecule has 0 radical (unpaired) electrons. The molecule has 1 rings (SSSR count). The highest BCUT2D eigenvalue weighted by atomic mass is 16.4. The van der Waals surface area contributed by atoms with Crippen LogP contribution in [0.1, 0.15) is 12.8 Å². The highest BCUT2D eigenvalue weighted by Gasteiger charge is 2.29. The number of nitrogens with one attached hydrogen (secondary N) is 2. The van der Waals surface area contributed by atoms with Crippen LogP contribution in [0, 0.1) is 11.3 Å². The lowest BCUT2D eigenvalue weighted by molar-refractivity contribution is -0.139. The zero-order chi connectivity index (χ0) is 9.14. The van der Waals surface area contributed by atoms with Gasteiger partial charge in [-0.05, 0) is 18.9 Å². The standard InChI is InChI=1S/C7H13N3O2/c8-6(9)2-4-1-5(7(11)12)10-3-4/h4-5,10H,1-3H2,(H3,8,9)(H,11,12)/t4-,5-/m0/s1. The largest absolute Gasteiger partial charge is 0.480 e. The summed E-state index contributed by atoms with van der Waals surface area (Å²) >= 11 is 0. The summed E-state index contributed by atoms with van der Waals surface area (Å²) in [5.74, 6) is -0.475. The monoisotopic (exact) mass is 171 g/mol. The van der Waals surface area contributed by atoms with Crippen molar-refractivity contribution in [3.8, 4) is 0 Å².